The van der Waals surface area contributed by atoms with Gasteiger partial charge < -0.3 is 9.47 Å². The third-order valence-corrected chi connectivity index (χ3v) is 4.17. The topological polar surface area (TPSA) is 35.5 Å². The minimum absolute atomic E-state index is 0.295. The zero-order valence-electron chi connectivity index (χ0n) is 12.5. The fraction of sp³-hybridized carbons (Fsp3) is 0.438. The Morgan fingerprint density at radius 3 is 2.62 bits per heavy atom. The van der Waals surface area contributed by atoms with Crippen molar-refractivity contribution in [3.8, 4) is 5.75 Å². The largest absolute Gasteiger partial charge is 0.488 e. The molecule has 0 bridgehead atoms. The van der Waals surface area contributed by atoms with Crippen molar-refractivity contribution in [3.63, 3.8) is 0 Å². The minimum atomic E-state index is -0.442. The molecule has 1 rings (SSSR count). The normalized spacial score (nSPS) is 13.4. The number of hydrogen-bond acceptors (Lipinski definition) is 3. The number of ether oxygens (including phenoxy) is 2. The summed E-state index contributed by atoms with van der Waals surface area (Å²) in [6, 6.07) is 4.01. The SMILES string of the molecule is C=CC(=O)OC(C)COc1c(Br)cc(Br)cc1C(C)CC. The Hall–Kier alpha value is -0.810. The lowest BCUT2D eigenvalue weighted by Crippen LogP contribution is -2.21. The quantitative estimate of drug-likeness (QED) is 0.448. The lowest BCUT2D eigenvalue weighted by atomic mass is 9.98. The summed E-state index contributed by atoms with van der Waals surface area (Å²) in [5.74, 6) is 0.733. The van der Waals surface area contributed by atoms with Crippen molar-refractivity contribution in [3.05, 3.63) is 39.3 Å². The molecule has 0 aliphatic heterocycles. The van der Waals surface area contributed by atoms with Crippen LogP contribution in [0.3, 0.4) is 0 Å². The van der Waals surface area contributed by atoms with Gasteiger partial charge in [0.05, 0.1) is 4.47 Å². The molecule has 3 nitrogen and oxygen atoms in total. The van der Waals surface area contributed by atoms with Crippen LogP contribution < -0.4 is 4.74 Å². The van der Waals surface area contributed by atoms with Gasteiger partial charge in [-0.3, -0.25) is 0 Å². The lowest BCUT2D eigenvalue weighted by Gasteiger charge is -2.20. The molecule has 2 unspecified atom stereocenters. The van der Waals surface area contributed by atoms with Gasteiger partial charge in [-0.15, -0.1) is 0 Å². The second kappa shape index (κ2) is 8.59. The van der Waals surface area contributed by atoms with Gasteiger partial charge in [0.1, 0.15) is 18.5 Å². The molecule has 116 valence electrons. The monoisotopic (exact) mass is 418 g/mol. The van der Waals surface area contributed by atoms with Crippen LogP contribution in [-0.4, -0.2) is 18.7 Å². The van der Waals surface area contributed by atoms with Gasteiger partial charge in [0.15, 0.2) is 0 Å². The molecule has 0 fully saturated rings. The Labute approximate surface area is 143 Å². The van der Waals surface area contributed by atoms with E-state index >= 15 is 0 Å². The summed E-state index contributed by atoms with van der Waals surface area (Å²) >= 11 is 7.03. The number of carbonyl (C=O) groups is 1. The maximum atomic E-state index is 11.2. The molecule has 1 aromatic carbocycles. The van der Waals surface area contributed by atoms with Crippen molar-refractivity contribution in [2.24, 2.45) is 0 Å². The number of benzene rings is 1. The first-order valence-corrected chi connectivity index (χ1v) is 8.42. The Balaban J connectivity index is 2.87. The van der Waals surface area contributed by atoms with Crippen LogP contribution in [0.2, 0.25) is 0 Å². The molecule has 1 aromatic rings. The van der Waals surface area contributed by atoms with Crippen LogP contribution in [0.5, 0.6) is 5.75 Å². The van der Waals surface area contributed by atoms with Gasteiger partial charge in [-0.2, -0.15) is 0 Å². The second-order valence-corrected chi connectivity index (χ2v) is 6.65. The average Bonchev–Trinajstić information content (AvgIpc) is 2.44. The van der Waals surface area contributed by atoms with Gasteiger partial charge >= 0.3 is 5.97 Å². The van der Waals surface area contributed by atoms with E-state index in [4.69, 9.17) is 9.47 Å². The third-order valence-electron chi connectivity index (χ3n) is 3.13. The van der Waals surface area contributed by atoms with Gasteiger partial charge in [0.25, 0.3) is 0 Å². The van der Waals surface area contributed by atoms with Gasteiger partial charge in [0.2, 0.25) is 0 Å². The summed E-state index contributed by atoms with van der Waals surface area (Å²) in [7, 11) is 0. The highest BCUT2D eigenvalue weighted by Crippen LogP contribution is 2.38. The Morgan fingerprint density at radius 1 is 1.38 bits per heavy atom. The van der Waals surface area contributed by atoms with E-state index in [1.807, 2.05) is 6.07 Å². The molecule has 2 atom stereocenters. The first kappa shape index (κ1) is 18.2. The van der Waals surface area contributed by atoms with Crippen LogP contribution >= 0.6 is 31.9 Å². The Morgan fingerprint density at radius 2 is 2.05 bits per heavy atom. The number of rotatable bonds is 7. The van der Waals surface area contributed by atoms with Crippen LogP contribution in [0.25, 0.3) is 0 Å². The van der Waals surface area contributed by atoms with Gasteiger partial charge in [-0.25, -0.2) is 4.79 Å². The van der Waals surface area contributed by atoms with Crippen LogP contribution in [0.1, 0.15) is 38.7 Å². The molecule has 0 saturated heterocycles. The molecule has 0 spiro atoms. The zero-order valence-corrected chi connectivity index (χ0v) is 15.7. The number of esters is 1. The molecule has 0 aliphatic carbocycles. The standard InChI is InChI=1S/C16H20Br2O3/c1-5-10(3)13-7-12(17)8-14(18)16(13)20-9-11(4)21-15(19)6-2/h6-8,10-11H,2,5,9H2,1,3-4H3. The number of carbonyl (C=O) groups excluding carboxylic acids is 1. The summed E-state index contributed by atoms with van der Waals surface area (Å²) in [5.41, 5.74) is 1.13. The third kappa shape index (κ3) is 5.47. The van der Waals surface area contributed by atoms with Gasteiger partial charge in [-0.1, -0.05) is 36.4 Å². The van der Waals surface area contributed by atoms with Crippen LogP contribution in [0.15, 0.2) is 33.7 Å². The van der Waals surface area contributed by atoms with Crippen molar-refractivity contribution in [1.82, 2.24) is 0 Å². The van der Waals surface area contributed by atoms with Gasteiger partial charge in [-0.05, 0) is 52.9 Å². The molecule has 0 aliphatic rings. The fourth-order valence-corrected chi connectivity index (χ4v) is 3.17. The molecular formula is C16H20Br2O3. The summed E-state index contributed by atoms with van der Waals surface area (Å²) in [5, 5.41) is 0. The van der Waals surface area contributed by atoms with E-state index in [1.54, 1.807) is 6.92 Å². The molecule has 0 amide bonds. The molecule has 5 heteroatoms. The molecule has 0 saturated carbocycles. The maximum Gasteiger partial charge on any atom is 0.330 e. The highest BCUT2D eigenvalue weighted by molar-refractivity contribution is 9.11. The van der Waals surface area contributed by atoms with E-state index in [0.29, 0.717) is 12.5 Å². The molecule has 0 aromatic heterocycles. The summed E-state index contributed by atoms with van der Waals surface area (Å²) in [6.45, 7) is 9.75. The van der Waals surface area contributed by atoms with Crippen molar-refractivity contribution in [2.75, 3.05) is 6.61 Å². The van der Waals surface area contributed by atoms with E-state index in [-0.39, 0.29) is 6.10 Å². The molecule has 0 N–H and O–H groups in total. The van der Waals surface area contributed by atoms with E-state index in [9.17, 15) is 4.79 Å². The van der Waals surface area contributed by atoms with Crippen LogP contribution in [0, 0.1) is 0 Å². The van der Waals surface area contributed by atoms with Crippen molar-refractivity contribution >= 4 is 37.8 Å². The van der Waals surface area contributed by atoms with Crippen LogP contribution in [-0.2, 0) is 9.53 Å². The van der Waals surface area contributed by atoms with E-state index in [0.717, 1.165) is 32.8 Å². The van der Waals surface area contributed by atoms with Crippen molar-refractivity contribution < 1.29 is 14.3 Å². The highest BCUT2D eigenvalue weighted by Gasteiger charge is 2.16. The summed E-state index contributed by atoms with van der Waals surface area (Å²) < 4.78 is 12.9. The second-order valence-electron chi connectivity index (χ2n) is 4.88. The number of hydrogen-bond donors (Lipinski definition) is 0. The van der Waals surface area contributed by atoms with Crippen LogP contribution in [0.4, 0.5) is 0 Å². The first-order valence-electron chi connectivity index (χ1n) is 6.83. The molecular weight excluding hydrogens is 400 g/mol. The average molecular weight is 420 g/mol. The molecule has 0 heterocycles. The molecule has 21 heavy (non-hydrogen) atoms. The highest BCUT2D eigenvalue weighted by atomic mass is 79.9. The zero-order chi connectivity index (χ0) is 16.0. The van der Waals surface area contributed by atoms with E-state index < -0.39 is 5.97 Å². The maximum absolute atomic E-state index is 11.2. The summed E-state index contributed by atoms with van der Waals surface area (Å²) in [4.78, 5) is 11.2. The molecule has 0 radical (unpaired) electrons. The smallest absolute Gasteiger partial charge is 0.330 e. The Bertz CT molecular complexity index is 514. The van der Waals surface area contributed by atoms with Crippen molar-refractivity contribution in [1.29, 1.82) is 0 Å². The van der Waals surface area contributed by atoms with Crippen molar-refractivity contribution in [2.45, 2.75) is 39.2 Å². The predicted octanol–water partition coefficient (Wildman–Crippen LogP) is 5.22. The van der Waals surface area contributed by atoms with E-state index in [2.05, 4.69) is 58.4 Å². The Kier molecular flexibility index (Phi) is 7.46. The fourth-order valence-electron chi connectivity index (χ4n) is 1.80. The predicted molar refractivity (Wildman–Crippen MR) is 91.8 cm³/mol. The summed E-state index contributed by atoms with van der Waals surface area (Å²) in [6.07, 6.45) is 1.83. The minimum Gasteiger partial charge on any atom is -0.488 e. The lowest BCUT2D eigenvalue weighted by molar-refractivity contribution is -0.143. The first-order chi connectivity index (χ1) is 9.88. The van der Waals surface area contributed by atoms with Gasteiger partial charge in [0, 0.05) is 10.5 Å². The number of halogens is 2. The van der Waals surface area contributed by atoms with E-state index in [1.165, 1.54) is 0 Å².